The second kappa shape index (κ2) is 6.61. The molecule has 1 aliphatic rings. The maximum Gasteiger partial charge on any atom is 0.339 e. The first-order valence-electron chi connectivity index (χ1n) is 5.54. The van der Waals surface area contributed by atoms with E-state index in [1.807, 2.05) is 19.1 Å². The van der Waals surface area contributed by atoms with Gasteiger partial charge in [0.2, 0.25) is 0 Å². The van der Waals surface area contributed by atoms with Crippen molar-refractivity contribution in [2.45, 2.75) is 13.2 Å². The van der Waals surface area contributed by atoms with Crippen LogP contribution in [0, 0.1) is 0 Å². The topological polar surface area (TPSA) is 49.8 Å². The minimum Gasteiger partial charge on any atom is -0.465 e. The van der Waals surface area contributed by atoms with Gasteiger partial charge in [-0.25, -0.2) is 4.79 Å². The summed E-state index contributed by atoms with van der Waals surface area (Å²) in [7, 11) is 1.32. The van der Waals surface area contributed by atoms with Crippen LogP contribution >= 0.6 is 0 Å². The highest BCUT2D eigenvalue weighted by Gasteiger charge is 2.20. The Labute approximate surface area is 107 Å². The lowest BCUT2D eigenvalue weighted by Crippen LogP contribution is -2.31. The SMILES string of the molecule is C=CC=C(C=CC)N1C=C(C(=O)OC)C=CC1O. The third-order valence-electron chi connectivity index (χ3n) is 2.36. The summed E-state index contributed by atoms with van der Waals surface area (Å²) in [4.78, 5) is 13.0. The maximum absolute atomic E-state index is 11.4. The van der Waals surface area contributed by atoms with Crippen LogP contribution in [0.25, 0.3) is 0 Å². The van der Waals surface area contributed by atoms with Crippen LogP contribution in [0.3, 0.4) is 0 Å². The highest BCUT2D eigenvalue weighted by atomic mass is 16.5. The number of nitrogens with zero attached hydrogens (tertiary/aromatic N) is 1. The highest BCUT2D eigenvalue weighted by Crippen LogP contribution is 2.19. The second-order valence-corrected chi connectivity index (χ2v) is 3.58. The molecule has 0 aromatic carbocycles. The summed E-state index contributed by atoms with van der Waals surface area (Å²) < 4.78 is 4.65. The van der Waals surface area contributed by atoms with Crippen LogP contribution in [0.4, 0.5) is 0 Å². The van der Waals surface area contributed by atoms with E-state index in [0.717, 1.165) is 5.70 Å². The van der Waals surface area contributed by atoms with E-state index in [2.05, 4.69) is 11.3 Å². The van der Waals surface area contributed by atoms with Gasteiger partial charge in [0, 0.05) is 11.9 Å². The molecule has 4 nitrogen and oxygen atoms in total. The summed E-state index contributed by atoms with van der Waals surface area (Å²) in [5.74, 6) is -0.443. The van der Waals surface area contributed by atoms with Crippen molar-refractivity contribution in [3.05, 3.63) is 60.5 Å². The summed E-state index contributed by atoms with van der Waals surface area (Å²) in [5.41, 5.74) is 1.10. The molecule has 0 fully saturated rings. The number of hydrogen-bond donors (Lipinski definition) is 1. The van der Waals surface area contributed by atoms with E-state index in [1.165, 1.54) is 19.3 Å². The summed E-state index contributed by atoms with van der Waals surface area (Å²) in [6.45, 7) is 5.49. The minimum absolute atomic E-state index is 0.377. The van der Waals surface area contributed by atoms with Gasteiger partial charge in [0.25, 0.3) is 0 Å². The number of hydrogen-bond acceptors (Lipinski definition) is 4. The van der Waals surface area contributed by atoms with Crippen molar-refractivity contribution >= 4 is 5.97 Å². The highest BCUT2D eigenvalue weighted by molar-refractivity contribution is 5.91. The van der Waals surface area contributed by atoms with Gasteiger partial charge < -0.3 is 14.7 Å². The Bertz CT molecular complexity index is 444. The Morgan fingerprint density at radius 3 is 2.89 bits per heavy atom. The van der Waals surface area contributed by atoms with Gasteiger partial charge >= 0.3 is 5.97 Å². The van der Waals surface area contributed by atoms with Crippen LogP contribution in [0.5, 0.6) is 0 Å². The first kappa shape index (κ1) is 14.0. The Hall–Kier alpha value is -2.07. The molecule has 0 aliphatic carbocycles. The number of allylic oxidation sites excluding steroid dienone is 4. The molecule has 96 valence electrons. The van der Waals surface area contributed by atoms with Gasteiger partial charge in [-0.3, -0.25) is 0 Å². The Morgan fingerprint density at radius 2 is 2.33 bits per heavy atom. The molecule has 0 radical (unpaired) electrons. The molecule has 1 N–H and O–H groups in total. The summed E-state index contributed by atoms with van der Waals surface area (Å²) in [6.07, 6.45) is 10.8. The first-order valence-corrected chi connectivity index (χ1v) is 5.54. The molecule has 18 heavy (non-hydrogen) atoms. The van der Waals surface area contributed by atoms with E-state index in [1.54, 1.807) is 23.3 Å². The van der Waals surface area contributed by atoms with E-state index in [-0.39, 0.29) is 0 Å². The van der Waals surface area contributed by atoms with Gasteiger partial charge in [0.15, 0.2) is 0 Å². The molecular weight excluding hydrogens is 230 g/mol. The van der Waals surface area contributed by atoms with Gasteiger partial charge in [-0.05, 0) is 31.2 Å². The maximum atomic E-state index is 11.4. The predicted octanol–water partition coefficient (Wildman–Crippen LogP) is 1.88. The Kier molecular flexibility index (Phi) is 5.14. The molecule has 0 saturated carbocycles. The lowest BCUT2D eigenvalue weighted by Gasteiger charge is -2.28. The normalized spacial score (nSPS) is 19.9. The lowest BCUT2D eigenvalue weighted by molar-refractivity contribution is -0.135. The third kappa shape index (κ3) is 3.21. The zero-order valence-corrected chi connectivity index (χ0v) is 10.5. The van der Waals surface area contributed by atoms with E-state index in [0.29, 0.717) is 5.57 Å². The lowest BCUT2D eigenvalue weighted by atomic mass is 10.1. The van der Waals surface area contributed by atoms with E-state index in [4.69, 9.17) is 0 Å². The van der Waals surface area contributed by atoms with Crippen molar-refractivity contribution in [2.75, 3.05) is 7.11 Å². The van der Waals surface area contributed by atoms with E-state index < -0.39 is 12.2 Å². The Morgan fingerprint density at radius 1 is 1.61 bits per heavy atom. The van der Waals surface area contributed by atoms with Crippen molar-refractivity contribution in [1.82, 2.24) is 4.90 Å². The van der Waals surface area contributed by atoms with Gasteiger partial charge in [0.05, 0.1) is 12.7 Å². The van der Waals surface area contributed by atoms with Crippen molar-refractivity contribution in [1.29, 1.82) is 0 Å². The molecule has 0 aromatic rings. The van der Waals surface area contributed by atoms with Crippen molar-refractivity contribution < 1.29 is 14.6 Å². The largest absolute Gasteiger partial charge is 0.465 e. The fraction of sp³-hybridized carbons (Fsp3) is 0.214. The number of ether oxygens (including phenoxy) is 1. The van der Waals surface area contributed by atoms with Crippen LogP contribution in [-0.2, 0) is 9.53 Å². The molecule has 0 spiro atoms. The number of carbonyl (C=O) groups is 1. The zero-order chi connectivity index (χ0) is 13.5. The molecule has 0 amide bonds. The molecule has 1 rings (SSSR count). The van der Waals surface area contributed by atoms with Crippen LogP contribution in [0.1, 0.15) is 6.92 Å². The molecule has 0 saturated heterocycles. The fourth-order valence-corrected chi connectivity index (χ4v) is 1.54. The smallest absolute Gasteiger partial charge is 0.339 e. The van der Waals surface area contributed by atoms with Gasteiger partial charge in [-0.1, -0.05) is 18.7 Å². The van der Waals surface area contributed by atoms with Crippen molar-refractivity contribution in [3.8, 4) is 0 Å². The summed E-state index contributed by atoms with van der Waals surface area (Å²) in [6, 6.07) is 0. The van der Waals surface area contributed by atoms with Gasteiger partial charge in [-0.15, -0.1) is 0 Å². The molecule has 0 aromatic heterocycles. The van der Waals surface area contributed by atoms with Crippen LogP contribution in [-0.4, -0.2) is 29.3 Å². The van der Waals surface area contributed by atoms with Crippen molar-refractivity contribution in [3.63, 3.8) is 0 Å². The third-order valence-corrected chi connectivity index (χ3v) is 2.36. The number of methoxy groups -OCH3 is 1. The van der Waals surface area contributed by atoms with Crippen LogP contribution in [0.15, 0.2) is 60.5 Å². The average Bonchev–Trinajstić information content (AvgIpc) is 2.38. The number of aliphatic hydroxyl groups excluding tert-OH is 1. The zero-order valence-electron chi connectivity index (χ0n) is 10.5. The second-order valence-electron chi connectivity index (χ2n) is 3.58. The molecule has 4 heteroatoms. The Balaban J connectivity index is 3.09. The van der Waals surface area contributed by atoms with Crippen LogP contribution in [0.2, 0.25) is 0 Å². The van der Waals surface area contributed by atoms with Gasteiger partial charge in [-0.2, -0.15) is 0 Å². The molecule has 1 heterocycles. The minimum atomic E-state index is -0.819. The fourth-order valence-electron chi connectivity index (χ4n) is 1.54. The number of rotatable bonds is 4. The quantitative estimate of drug-likeness (QED) is 0.608. The van der Waals surface area contributed by atoms with E-state index in [9.17, 15) is 9.90 Å². The number of esters is 1. The average molecular weight is 247 g/mol. The predicted molar refractivity (Wildman–Crippen MR) is 70.2 cm³/mol. The molecule has 1 aliphatic heterocycles. The monoisotopic (exact) mass is 247 g/mol. The molecule has 1 unspecified atom stereocenters. The number of carbonyl (C=O) groups excluding carboxylic acids is 1. The standard InChI is InChI=1S/C14H17NO3/c1-4-6-12(7-5-2)15-10-11(14(17)18-3)8-9-13(15)16/h4-10,13,16H,1H2,2-3H3. The first-order chi connectivity index (χ1) is 8.63. The number of aliphatic hydroxyl groups is 1. The van der Waals surface area contributed by atoms with E-state index >= 15 is 0 Å². The summed E-state index contributed by atoms with van der Waals surface area (Å²) >= 11 is 0. The summed E-state index contributed by atoms with van der Waals surface area (Å²) in [5, 5.41) is 9.90. The molecule has 0 bridgehead atoms. The molecule has 1 atom stereocenters. The van der Waals surface area contributed by atoms with Crippen LogP contribution < -0.4 is 0 Å². The van der Waals surface area contributed by atoms with Gasteiger partial charge in [0.1, 0.15) is 6.23 Å². The van der Waals surface area contributed by atoms with Crippen molar-refractivity contribution in [2.24, 2.45) is 0 Å². The molecular formula is C14H17NO3.